The maximum absolute atomic E-state index is 12.9. The summed E-state index contributed by atoms with van der Waals surface area (Å²) < 4.78 is 38.8. The van der Waals surface area contributed by atoms with Crippen LogP contribution in [0.2, 0.25) is 0 Å². The van der Waals surface area contributed by atoms with Gasteiger partial charge in [-0.25, -0.2) is 4.98 Å². The van der Waals surface area contributed by atoms with Crippen LogP contribution in [0.3, 0.4) is 0 Å². The molecular weight excluding hydrogens is 279 g/mol. The second-order valence-corrected chi connectivity index (χ2v) is 5.49. The largest absolute Gasteiger partial charge is 0.416 e. The fraction of sp³-hybridized carbons (Fsp3) is 0.667. The van der Waals surface area contributed by atoms with Crippen molar-refractivity contribution in [3.05, 3.63) is 17.7 Å². The fourth-order valence-corrected chi connectivity index (χ4v) is 2.67. The molecular formula is C15H22F3N3. The van der Waals surface area contributed by atoms with Gasteiger partial charge in [0.05, 0.1) is 5.56 Å². The molecule has 2 rings (SSSR count). The topological polar surface area (TPSA) is 37.0 Å². The highest BCUT2D eigenvalue weighted by atomic mass is 19.4. The number of anilines is 2. The zero-order chi connectivity index (χ0) is 15.3. The van der Waals surface area contributed by atoms with Crippen molar-refractivity contribution in [3.8, 4) is 0 Å². The van der Waals surface area contributed by atoms with Gasteiger partial charge >= 0.3 is 6.18 Å². The Kier molecular flexibility index (Phi) is 5.31. The van der Waals surface area contributed by atoms with Crippen molar-refractivity contribution in [3.63, 3.8) is 0 Å². The van der Waals surface area contributed by atoms with E-state index >= 15 is 0 Å². The molecule has 0 aromatic carbocycles. The van der Waals surface area contributed by atoms with Crippen LogP contribution in [0.25, 0.3) is 0 Å². The van der Waals surface area contributed by atoms with Gasteiger partial charge in [-0.15, -0.1) is 0 Å². The van der Waals surface area contributed by atoms with Gasteiger partial charge in [-0.2, -0.15) is 13.2 Å². The maximum atomic E-state index is 12.9. The zero-order valence-electron chi connectivity index (χ0n) is 12.3. The third-order valence-corrected chi connectivity index (χ3v) is 3.72. The number of nitrogens with one attached hydrogen (secondary N) is 2. The summed E-state index contributed by atoms with van der Waals surface area (Å²) in [7, 11) is 0. The van der Waals surface area contributed by atoms with Gasteiger partial charge in [-0.3, -0.25) is 0 Å². The van der Waals surface area contributed by atoms with Crippen LogP contribution in [-0.2, 0) is 6.18 Å². The molecule has 0 bridgehead atoms. The highest BCUT2D eigenvalue weighted by Crippen LogP contribution is 2.32. The summed E-state index contributed by atoms with van der Waals surface area (Å²) >= 11 is 0. The van der Waals surface area contributed by atoms with Crippen molar-refractivity contribution in [1.29, 1.82) is 0 Å². The third-order valence-electron chi connectivity index (χ3n) is 3.72. The number of rotatable bonds is 4. The predicted molar refractivity (Wildman–Crippen MR) is 78.5 cm³/mol. The first-order valence-electron chi connectivity index (χ1n) is 7.58. The van der Waals surface area contributed by atoms with Crippen LogP contribution in [0, 0.1) is 0 Å². The lowest BCUT2D eigenvalue weighted by Crippen LogP contribution is -2.20. The van der Waals surface area contributed by atoms with E-state index in [1.807, 2.05) is 6.92 Å². The summed E-state index contributed by atoms with van der Waals surface area (Å²) in [4.78, 5) is 4.24. The molecule has 1 aliphatic carbocycles. The first kappa shape index (κ1) is 15.9. The van der Waals surface area contributed by atoms with E-state index in [1.165, 1.54) is 12.8 Å². The van der Waals surface area contributed by atoms with Gasteiger partial charge in [0.2, 0.25) is 0 Å². The SMILES string of the molecule is CCNc1cc(C(F)(F)F)cc(NC2CCCCCC2)n1. The Hall–Kier alpha value is -1.46. The predicted octanol–water partition coefficient (Wildman–Crippen LogP) is 4.67. The van der Waals surface area contributed by atoms with Crippen LogP contribution < -0.4 is 10.6 Å². The van der Waals surface area contributed by atoms with Gasteiger partial charge < -0.3 is 10.6 Å². The summed E-state index contributed by atoms with van der Waals surface area (Å²) in [6, 6.07) is 2.38. The van der Waals surface area contributed by atoms with Crippen molar-refractivity contribution in [1.82, 2.24) is 4.98 Å². The quantitative estimate of drug-likeness (QED) is 0.794. The Balaban J connectivity index is 2.18. The number of halogens is 3. The zero-order valence-corrected chi connectivity index (χ0v) is 12.3. The molecule has 1 fully saturated rings. The van der Waals surface area contributed by atoms with Crippen LogP contribution in [0.15, 0.2) is 12.1 Å². The molecule has 1 heterocycles. The normalized spacial score (nSPS) is 17.3. The van der Waals surface area contributed by atoms with E-state index in [-0.39, 0.29) is 11.9 Å². The number of nitrogens with zero attached hydrogens (tertiary/aromatic N) is 1. The van der Waals surface area contributed by atoms with E-state index < -0.39 is 11.7 Å². The number of hydrogen-bond acceptors (Lipinski definition) is 3. The van der Waals surface area contributed by atoms with Crippen molar-refractivity contribution in [2.24, 2.45) is 0 Å². The Morgan fingerprint density at radius 2 is 1.71 bits per heavy atom. The molecule has 1 saturated carbocycles. The minimum absolute atomic E-state index is 0.220. The van der Waals surface area contributed by atoms with Crippen LogP contribution in [0.1, 0.15) is 51.0 Å². The molecule has 21 heavy (non-hydrogen) atoms. The molecule has 0 spiro atoms. The maximum Gasteiger partial charge on any atom is 0.416 e. The average Bonchev–Trinajstić information content (AvgIpc) is 2.66. The summed E-state index contributed by atoms with van der Waals surface area (Å²) in [6.45, 7) is 2.37. The van der Waals surface area contributed by atoms with E-state index in [2.05, 4.69) is 15.6 Å². The van der Waals surface area contributed by atoms with Gasteiger partial charge in [-0.1, -0.05) is 25.7 Å². The molecule has 0 aliphatic heterocycles. The molecule has 118 valence electrons. The molecule has 0 unspecified atom stereocenters. The molecule has 2 N–H and O–H groups in total. The molecule has 0 radical (unpaired) electrons. The van der Waals surface area contributed by atoms with E-state index in [0.717, 1.165) is 37.8 Å². The molecule has 0 amide bonds. The molecule has 1 aromatic heterocycles. The highest BCUT2D eigenvalue weighted by Gasteiger charge is 2.31. The minimum atomic E-state index is -4.35. The van der Waals surface area contributed by atoms with Gasteiger partial charge in [0.25, 0.3) is 0 Å². The second kappa shape index (κ2) is 7.00. The third kappa shape index (κ3) is 4.79. The minimum Gasteiger partial charge on any atom is -0.370 e. The fourth-order valence-electron chi connectivity index (χ4n) is 2.67. The second-order valence-electron chi connectivity index (χ2n) is 5.49. The lowest BCUT2D eigenvalue weighted by atomic mass is 10.1. The molecule has 6 heteroatoms. The number of alkyl halides is 3. The van der Waals surface area contributed by atoms with Crippen LogP contribution >= 0.6 is 0 Å². The molecule has 3 nitrogen and oxygen atoms in total. The monoisotopic (exact) mass is 301 g/mol. The van der Waals surface area contributed by atoms with E-state index in [1.54, 1.807) is 0 Å². The van der Waals surface area contributed by atoms with Gasteiger partial charge in [0, 0.05) is 12.6 Å². The summed E-state index contributed by atoms with van der Waals surface area (Å²) in [5.74, 6) is 0.580. The number of hydrogen-bond donors (Lipinski definition) is 2. The van der Waals surface area contributed by atoms with Gasteiger partial charge in [-0.05, 0) is 31.9 Å². The van der Waals surface area contributed by atoms with E-state index in [9.17, 15) is 13.2 Å². The van der Waals surface area contributed by atoms with Crippen molar-refractivity contribution in [2.45, 2.75) is 57.7 Å². The van der Waals surface area contributed by atoms with Crippen molar-refractivity contribution in [2.75, 3.05) is 17.2 Å². The van der Waals surface area contributed by atoms with Crippen LogP contribution in [0.5, 0.6) is 0 Å². The molecule has 1 aliphatic rings. The number of aromatic nitrogens is 1. The number of pyridine rings is 1. The molecule has 0 atom stereocenters. The highest BCUT2D eigenvalue weighted by molar-refractivity contribution is 5.50. The van der Waals surface area contributed by atoms with E-state index in [0.29, 0.717) is 12.4 Å². The van der Waals surface area contributed by atoms with Gasteiger partial charge in [0.15, 0.2) is 0 Å². The van der Waals surface area contributed by atoms with E-state index in [4.69, 9.17) is 0 Å². The average molecular weight is 301 g/mol. The first-order valence-corrected chi connectivity index (χ1v) is 7.58. The molecule has 1 aromatic rings. The Bertz CT molecular complexity index is 452. The Labute approximate surface area is 123 Å². The summed E-state index contributed by atoms with van der Waals surface area (Å²) in [5.41, 5.74) is -0.662. The van der Waals surface area contributed by atoms with Crippen molar-refractivity contribution >= 4 is 11.6 Å². The lowest BCUT2D eigenvalue weighted by molar-refractivity contribution is -0.137. The van der Waals surface area contributed by atoms with Crippen LogP contribution in [0.4, 0.5) is 24.8 Å². The van der Waals surface area contributed by atoms with Crippen LogP contribution in [-0.4, -0.2) is 17.6 Å². The lowest BCUT2D eigenvalue weighted by Gasteiger charge is -2.19. The van der Waals surface area contributed by atoms with Crippen molar-refractivity contribution < 1.29 is 13.2 Å². The Morgan fingerprint density at radius 1 is 1.10 bits per heavy atom. The smallest absolute Gasteiger partial charge is 0.370 e. The van der Waals surface area contributed by atoms with Gasteiger partial charge in [0.1, 0.15) is 11.6 Å². The first-order chi connectivity index (χ1) is 9.99. The summed E-state index contributed by atoms with van der Waals surface area (Å²) in [5, 5.41) is 6.04. The summed E-state index contributed by atoms with van der Waals surface area (Å²) in [6.07, 6.45) is 2.29. The molecule has 0 saturated heterocycles. The standard InChI is InChI=1S/C15H22F3N3/c1-2-19-13-9-11(15(16,17)18)10-14(21-13)20-12-7-5-3-4-6-8-12/h9-10,12H,2-8H2,1H3,(H2,19,20,21). The Morgan fingerprint density at radius 3 is 2.29 bits per heavy atom.